The summed E-state index contributed by atoms with van der Waals surface area (Å²) in [4.78, 5) is 3.12. The van der Waals surface area contributed by atoms with Crippen LogP contribution in [-0.4, -0.2) is 69.9 Å². The lowest BCUT2D eigenvalue weighted by molar-refractivity contribution is -0.438. The number of benzene rings is 5. The first-order chi connectivity index (χ1) is 30.3. The number of unbranched alkanes of at least 4 members (excludes halogenated alkanes) is 2. The molecular formula is C51H56N2O8S3. The maximum atomic E-state index is 12.4. The Balaban J connectivity index is 1.24. The van der Waals surface area contributed by atoms with E-state index in [0.29, 0.717) is 55.0 Å². The highest BCUT2D eigenvalue weighted by Crippen LogP contribution is 2.62. The average molecular weight is 921 g/mol. The third-order valence-electron chi connectivity index (χ3n) is 13.1. The highest BCUT2D eigenvalue weighted by atomic mass is 32.3. The predicted molar refractivity (Wildman–Crippen MR) is 260 cm³/mol. The topological polar surface area (TPSA) is 158 Å². The van der Waals surface area contributed by atoms with Gasteiger partial charge in [-0.25, -0.2) is 8.42 Å². The lowest BCUT2D eigenvalue weighted by Gasteiger charge is -2.35. The number of fused-ring (bicyclic) bond motifs is 6. The smallest absolute Gasteiger partial charge is 0.264 e. The fourth-order valence-electron chi connectivity index (χ4n) is 10.1. The Morgan fingerprint density at radius 1 is 0.672 bits per heavy atom. The van der Waals surface area contributed by atoms with Crippen LogP contribution in [0.15, 0.2) is 154 Å². The first-order valence-corrected chi connectivity index (χ1v) is 26.5. The van der Waals surface area contributed by atoms with Crippen LogP contribution < -0.4 is 4.90 Å². The SMILES string of the molecule is CC1(C)C(/C=C/C2=C(S(O)(O)c3ccccc3)C(=C\C=C3/N(CCCCS(=O)(=O)[O-])c4ccc5ccccc5c4C3(C)C)/CC2)=[N+](CCCCS(=O)(=O)O)c2ccc3ccccc3c21. The molecule has 0 aromatic heterocycles. The van der Waals surface area contributed by atoms with Gasteiger partial charge < -0.3 is 9.45 Å². The van der Waals surface area contributed by atoms with Crippen molar-refractivity contribution in [2.75, 3.05) is 29.5 Å². The van der Waals surface area contributed by atoms with E-state index >= 15 is 0 Å². The second-order valence-corrected chi connectivity index (χ2v) is 23.1. The van der Waals surface area contributed by atoms with Gasteiger partial charge in [0.05, 0.1) is 31.1 Å². The van der Waals surface area contributed by atoms with Crippen molar-refractivity contribution in [3.05, 3.63) is 160 Å². The molecule has 0 radical (unpaired) electrons. The van der Waals surface area contributed by atoms with Gasteiger partial charge in [0.15, 0.2) is 5.71 Å². The third-order valence-corrected chi connectivity index (χ3v) is 16.7. The summed E-state index contributed by atoms with van der Waals surface area (Å²) in [6.07, 6.45) is 10.9. The Hall–Kier alpha value is -4.86. The quantitative estimate of drug-likeness (QED) is 0.0528. The number of allylic oxidation sites excluding steroid dienone is 7. The van der Waals surface area contributed by atoms with Crippen LogP contribution in [0.4, 0.5) is 11.4 Å². The van der Waals surface area contributed by atoms with Crippen LogP contribution in [0.5, 0.6) is 0 Å². The van der Waals surface area contributed by atoms with Crippen LogP contribution in [0, 0.1) is 0 Å². The number of nitrogens with zero attached hydrogens (tertiary/aromatic N) is 2. The molecule has 5 aromatic carbocycles. The molecule has 0 spiro atoms. The predicted octanol–water partition coefficient (Wildman–Crippen LogP) is 11.4. The zero-order valence-corrected chi connectivity index (χ0v) is 39.1. The van der Waals surface area contributed by atoms with Crippen molar-refractivity contribution in [3.8, 4) is 0 Å². The number of hydrogen-bond acceptors (Lipinski definition) is 8. The summed E-state index contributed by atoms with van der Waals surface area (Å²) in [7, 11) is -12.0. The van der Waals surface area contributed by atoms with Crippen molar-refractivity contribution in [3.63, 3.8) is 0 Å². The monoisotopic (exact) mass is 920 g/mol. The lowest BCUT2D eigenvalue weighted by Crippen LogP contribution is -2.28. The van der Waals surface area contributed by atoms with Gasteiger partial charge in [-0.05, 0) is 115 Å². The summed E-state index contributed by atoms with van der Waals surface area (Å²) in [5, 5.41) is 4.47. The van der Waals surface area contributed by atoms with Gasteiger partial charge in [-0.2, -0.15) is 13.0 Å². The second kappa shape index (κ2) is 17.5. The molecule has 3 aliphatic rings. The zero-order valence-electron chi connectivity index (χ0n) is 36.7. The molecule has 0 fully saturated rings. The van der Waals surface area contributed by atoms with Crippen molar-refractivity contribution in [1.82, 2.24) is 0 Å². The van der Waals surface area contributed by atoms with Crippen molar-refractivity contribution in [2.24, 2.45) is 0 Å². The molecule has 0 saturated carbocycles. The minimum Gasteiger partial charge on any atom is -0.748 e. The molecule has 10 nitrogen and oxygen atoms in total. The van der Waals surface area contributed by atoms with E-state index in [4.69, 9.17) is 0 Å². The van der Waals surface area contributed by atoms with Gasteiger partial charge >= 0.3 is 0 Å². The van der Waals surface area contributed by atoms with Crippen LogP contribution in [-0.2, 0) is 31.1 Å². The minimum atomic E-state index is -4.35. The number of hydrogen-bond donors (Lipinski definition) is 3. The largest absolute Gasteiger partial charge is 0.748 e. The fraction of sp³-hybridized carbons (Fsp3) is 0.314. The molecule has 2 heterocycles. The maximum absolute atomic E-state index is 12.4. The molecule has 0 saturated heterocycles. The van der Waals surface area contributed by atoms with Gasteiger partial charge in [-0.1, -0.05) is 98.8 Å². The molecule has 0 unspecified atom stereocenters. The summed E-state index contributed by atoms with van der Waals surface area (Å²) in [5.41, 5.74) is 6.98. The van der Waals surface area contributed by atoms with E-state index in [1.807, 2.05) is 42.5 Å². The third kappa shape index (κ3) is 8.91. The van der Waals surface area contributed by atoms with E-state index in [1.54, 1.807) is 24.3 Å². The minimum absolute atomic E-state index is 0.236. The van der Waals surface area contributed by atoms with Crippen molar-refractivity contribution in [1.29, 1.82) is 0 Å². The first-order valence-electron chi connectivity index (χ1n) is 21.8. The number of anilines is 1. The van der Waals surface area contributed by atoms with Gasteiger partial charge in [-0.3, -0.25) is 13.7 Å². The zero-order chi connectivity index (χ0) is 45.7. The first kappa shape index (κ1) is 45.7. The van der Waals surface area contributed by atoms with E-state index in [1.165, 1.54) is 0 Å². The van der Waals surface area contributed by atoms with E-state index in [9.17, 15) is 35.0 Å². The molecule has 0 bridgehead atoms. The fourth-order valence-corrected chi connectivity index (χ4v) is 13.1. The average Bonchev–Trinajstić information content (AvgIpc) is 3.83. The van der Waals surface area contributed by atoms with Crippen LogP contribution in [0.3, 0.4) is 0 Å². The Labute approximate surface area is 378 Å². The molecule has 1 aliphatic carbocycles. The van der Waals surface area contributed by atoms with E-state index in [-0.39, 0.29) is 12.2 Å². The van der Waals surface area contributed by atoms with Crippen molar-refractivity contribution >= 4 is 69.5 Å². The van der Waals surface area contributed by atoms with Crippen molar-refractivity contribution < 1.29 is 39.6 Å². The molecule has 336 valence electrons. The highest BCUT2D eigenvalue weighted by molar-refractivity contribution is 8.27. The molecule has 5 aromatic rings. The van der Waals surface area contributed by atoms with Crippen LogP contribution in [0.25, 0.3) is 21.5 Å². The summed E-state index contributed by atoms with van der Waals surface area (Å²) in [6.45, 7) is 9.74. The van der Waals surface area contributed by atoms with Gasteiger partial charge in [0.2, 0.25) is 5.69 Å². The van der Waals surface area contributed by atoms with E-state index in [2.05, 4.69) is 97.9 Å². The highest BCUT2D eigenvalue weighted by Gasteiger charge is 2.46. The lowest BCUT2D eigenvalue weighted by atomic mass is 9.79. The Kier molecular flexibility index (Phi) is 12.5. The van der Waals surface area contributed by atoms with Crippen LogP contribution >= 0.6 is 10.6 Å². The van der Waals surface area contributed by atoms with Crippen LogP contribution in [0.1, 0.15) is 77.3 Å². The summed E-state index contributed by atoms with van der Waals surface area (Å²) < 4.78 is 94.2. The number of rotatable bonds is 15. The summed E-state index contributed by atoms with van der Waals surface area (Å²) in [5.74, 6) is -0.743. The van der Waals surface area contributed by atoms with Crippen LogP contribution in [0.2, 0.25) is 0 Å². The van der Waals surface area contributed by atoms with Gasteiger partial charge in [-0.15, -0.1) is 10.6 Å². The summed E-state index contributed by atoms with van der Waals surface area (Å²) >= 11 is 0. The standard InChI is InChI=1S/C51H56N2O8S3/c1-50(2)45(52(32-12-14-34-62(54,55)56)43-28-24-36-16-8-10-20-41(36)47(43)50)30-26-38-22-23-39(49(38)64(60,61)40-18-6-5-7-19-40)27-31-46-51(3,4)48-42-21-11-9-17-37(42)25-29-44(48)53(46)33-13-15-35-63(57,58)59/h5-11,16-21,24-31H,12-15,22-23,32-35H2,1-4H3,(H3-,54,55,56,57,58,59,60,61). The summed E-state index contributed by atoms with van der Waals surface area (Å²) in [6, 6.07) is 33.9. The molecule has 3 N–H and O–H groups in total. The van der Waals surface area contributed by atoms with Crippen molar-refractivity contribution in [2.45, 2.75) is 81.9 Å². The van der Waals surface area contributed by atoms with E-state index < -0.39 is 47.4 Å². The Morgan fingerprint density at radius 3 is 1.97 bits per heavy atom. The Bertz CT molecular complexity index is 3040. The molecule has 0 atom stereocenters. The molecule has 8 rings (SSSR count). The second-order valence-electron chi connectivity index (χ2n) is 18.1. The van der Waals surface area contributed by atoms with Gasteiger partial charge in [0.1, 0.15) is 6.54 Å². The van der Waals surface area contributed by atoms with E-state index in [0.717, 1.165) is 66.6 Å². The molecule has 0 amide bonds. The molecule has 64 heavy (non-hydrogen) atoms. The van der Waals surface area contributed by atoms with Gasteiger partial charge in [0.25, 0.3) is 10.1 Å². The Morgan fingerprint density at radius 2 is 1.30 bits per heavy atom. The normalized spacial score (nSPS) is 19.0. The molecule has 13 heteroatoms. The van der Waals surface area contributed by atoms with Gasteiger partial charge in [0, 0.05) is 53.2 Å². The maximum Gasteiger partial charge on any atom is 0.264 e. The molecule has 2 aliphatic heterocycles. The molecular weight excluding hydrogens is 865 g/mol.